The second-order valence-corrected chi connectivity index (χ2v) is 5.97. The van der Waals surface area contributed by atoms with Crippen molar-refractivity contribution in [3.8, 4) is 0 Å². The van der Waals surface area contributed by atoms with Gasteiger partial charge in [0.15, 0.2) is 0 Å². The van der Waals surface area contributed by atoms with Gasteiger partial charge >= 0.3 is 5.97 Å². The lowest BCUT2D eigenvalue weighted by Crippen LogP contribution is -2.44. The number of hydrogen-bond acceptors (Lipinski definition) is 3. The lowest BCUT2D eigenvalue weighted by Gasteiger charge is -2.20. The Balaban J connectivity index is 1.83. The van der Waals surface area contributed by atoms with Crippen molar-refractivity contribution in [3.05, 3.63) is 35.6 Å². The number of aliphatic carboxylic acids is 1. The average Bonchev–Trinajstić information content (AvgIpc) is 3.04. The predicted octanol–water partition coefficient (Wildman–Crippen LogP) is 0.944. The number of carboxylic acid groups (broad SMARTS) is 1. The summed E-state index contributed by atoms with van der Waals surface area (Å²) in [5.74, 6) is -2.48. The van der Waals surface area contributed by atoms with Crippen LogP contribution in [0.5, 0.6) is 0 Å². The zero-order valence-corrected chi connectivity index (χ0v) is 11.5. The first-order chi connectivity index (χ1) is 9.90. The molecule has 2 aliphatic rings. The maximum absolute atomic E-state index is 13.0. The largest absolute Gasteiger partial charge is 0.481 e. The maximum atomic E-state index is 13.0. The monoisotopic (exact) mass is 292 g/mol. The summed E-state index contributed by atoms with van der Waals surface area (Å²) < 4.78 is 13.0. The van der Waals surface area contributed by atoms with E-state index in [2.05, 4.69) is 0 Å². The number of halogens is 1. The van der Waals surface area contributed by atoms with Crippen LogP contribution in [-0.4, -0.2) is 40.5 Å². The number of rotatable bonds is 3. The van der Waals surface area contributed by atoms with Crippen LogP contribution < -0.4 is 5.73 Å². The SMILES string of the molecule is NC1(C(=O)N2C[C@@H](C(=O)O)[C@H](c3ccc(F)cc3)C2)CC1. The summed E-state index contributed by atoms with van der Waals surface area (Å²) in [6.07, 6.45) is 1.31. The molecule has 3 N–H and O–H groups in total. The third-order valence-corrected chi connectivity index (χ3v) is 4.44. The van der Waals surface area contributed by atoms with E-state index in [1.165, 1.54) is 12.1 Å². The summed E-state index contributed by atoms with van der Waals surface area (Å²) in [7, 11) is 0. The molecule has 21 heavy (non-hydrogen) atoms. The lowest BCUT2D eigenvalue weighted by atomic mass is 9.89. The van der Waals surface area contributed by atoms with Crippen molar-refractivity contribution >= 4 is 11.9 Å². The molecule has 1 aliphatic heterocycles. The summed E-state index contributed by atoms with van der Waals surface area (Å²) in [5.41, 5.74) is 5.85. The van der Waals surface area contributed by atoms with Gasteiger partial charge in [-0.25, -0.2) is 4.39 Å². The fraction of sp³-hybridized carbons (Fsp3) is 0.467. The van der Waals surface area contributed by atoms with E-state index in [9.17, 15) is 19.1 Å². The van der Waals surface area contributed by atoms with Crippen LogP contribution in [0.3, 0.4) is 0 Å². The number of likely N-dealkylation sites (tertiary alicyclic amines) is 1. The van der Waals surface area contributed by atoms with E-state index in [0.29, 0.717) is 19.4 Å². The van der Waals surface area contributed by atoms with Gasteiger partial charge in [-0.05, 0) is 30.5 Å². The molecule has 0 bridgehead atoms. The zero-order valence-electron chi connectivity index (χ0n) is 11.5. The van der Waals surface area contributed by atoms with Gasteiger partial charge in [-0.2, -0.15) is 0 Å². The average molecular weight is 292 g/mol. The fourth-order valence-corrected chi connectivity index (χ4v) is 2.93. The minimum Gasteiger partial charge on any atom is -0.481 e. The number of hydrogen-bond donors (Lipinski definition) is 2. The molecule has 2 fully saturated rings. The molecule has 0 unspecified atom stereocenters. The second-order valence-electron chi connectivity index (χ2n) is 5.97. The Morgan fingerprint density at radius 1 is 1.24 bits per heavy atom. The van der Waals surface area contributed by atoms with Crippen molar-refractivity contribution in [3.63, 3.8) is 0 Å². The van der Waals surface area contributed by atoms with Gasteiger partial charge in [0.25, 0.3) is 0 Å². The van der Waals surface area contributed by atoms with Crippen LogP contribution in [-0.2, 0) is 9.59 Å². The molecule has 0 spiro atoms. The molecule has 1 heterocycles. The molecule has 2 atom stereocenters. The molecule has 5 nitrogen and oxygen atoms in total. The number of nitrogens with two attached hydrogens (primary N) is 1. The number of carbonyl (C=O) groups excluding carboxylic acids is 1. The van der Waals surface area contributed by atoms with Gasteiger partial charge in [0.05, 0.1) is 11.5 Å². The van der Waals surface area contributed by atoms with Crippen molar-refractivity contribution in [2.24, 2.45) is 11.7 Å². The van der Waals surface area contributed by atoms with Gasteiger partial charge in [0.1, 0.15) is 5.82 Å². The Morgan fingerprint density at radius 3 is 2.38 bits per heavy atom. The highest BCUT2D eigenvalue weighted by Gasteiger charge is 2.51. The number of amides is 1. The van der Waals surface area contributed by atoms with Gasteiger partial charge in [0.2, 0.25) is 5.91 Å². The van der Waals surface area contributed by atoms with E-state index in [-0.39, 0.29) is 24.2 Å². The van der Waals surface area contributed by atoms with Crippen molar-refractivity contribution < 1.29 is 19.1 Å². The number of carboxylic acids is 1. The number of benzene rings is 1. The van der Waals surface area contributed by atoms with Gasteiger partial charge in [-0.1, -0.05) is 12.1 Å². The van der Waals surface area contributed by atoms with Crippen LogP contribution in [0.15, 0.2) is 24.3 Å². The van der Waals surface area contributed by atoms with Crippen molar-refractivity contribution in [2.75, 3.05) is 13.1 Å². The molecule has 1 amide bonds. The molecule has 1 saturated heterocycles. The molecule has 1 aromatic carbocycles. The summed E-state index contributed by atoms with van der Waals surface area (Å²) in [5, 5.41) is 9.37. The smallest absolute Gasteiger partial charge is 0.308 e. The third kappa shape index (κ3) is 2.51. The highest BCUT2D eigenvalue weighted by Crippen LogP contribution is 2.39. The Hall–Kier alpha value is -1.95. The van der Waals surface area contributed by atoms with Gasteiger partial charge < -0.3 is 15.7 Å². The molecule has 0 aromatic heterocycles. The van der Waals surface area contributed by atoms with Crippen molar-refractivity contribution in [1.82, 2.24) is 4.90 Å². The Kier molecular flexibility index (Phi) is 3.20. The Labute approximate surface area is 121 Å². The van der Waals surface area contributed by atoms with Crippen LogP contribution in [0.4, 0.5) is 4.39 Å². The van der Waals surface area contributed by atoms with E-state index in [4.69, 9.17) is 5.73 Å². The first kappa shape index (κ1) is 14.0. The van der Waals surface area contributed by atoms with Crippen LogP contribution in [0.2, 0.25) is 0 Å². The quantitative estimate of drug-likeness (QED) is 0.868. The van der Waals surface area contributed by atoms with Crippen LogP contribution in [0.25, 0.3) is 0 Å². The Morgan fingerprint density at radius 2 is 1.86 bits per heavy atom. The van der Waals surface area contributed by atoms with Crippen LogP contribution in [0.1, 0.15) is 24.3 Å². The number of carbonyl (C=O) groups is 2. The molecular formula is C15H17FN2O3. The molecular weight excluding hydrogens is 275 g/mol. The minimum absolute atomic E-state index is 0.162. The molecule has 1 aromatic rings. The van der Waals surface area contributed by atoms with Gasteiger partial charge in [0, 0.05) is 19.0 Å². The summed E-state index contributed by atoms with van der Waals surface area (Å²) in [6, 6.07) is 5.78. The topological polar surface area (TPSA) is 83.6 Å². The van der Waals surface area contributed by atoms with Crippen molar-refractivity contribution in [1.29, 1.82) is 0 Å². The van der Waals surface area contributed by atoms with E-state index in [1.54, 1.807) is 17.0 Å². The van der Waals surface area contributed by atoms with E-state index >= 15 is 0 Å². The van der Waals surface area contributed by atoms with Crippen molar-refractivity contribution in [2.45, 2.75) is 24.3 Å². The zero-order chi connectivity index (χ0) is 15.2. The predicted molar refractivity (Wildman–Crippen MR) is 73.0 cm³/mol. The summed E-state index contributed by atoms with van der Waals surface area (Å²) in [6.45, 7) is 0.482. The number of nitrogens with zero attached hydrogens (tertiary/aromatic N) is 1. The molecule has 3 rings (SSSR count). The molecule has 112 valence electrons. The second kappa shape index (κ2) is 4.80. The Bertz CT molecular complexity index is 583. The van der Waals surface area contributed by atoms with E-state index in [0.717, 1.165) is 5.56 Å². The van der Waals surface area contributed by atoms with E-state index < -0.39 is 17.4 Å². The minimum atomic E-state index is -0.943. The fourth-order valence-electron chi connectivity index (χ4n) is 2.93. The first-order valence-electron chi connectivity index (χ1n) is 6.97. The molecule has 1 aliphatic carbocycles. The summed E-state index contributed by atoms with van der Waals surface area (Å²) >= 11 is 0. The van der Waals surface area contributed by atoms with E-state index in [1.807, 2.05) is 0 Å². The third-order valence-electron chi connectivity index (χ3n) is 4.44. The first-order valence-corrected chi connectivity index (χ1v) is 6.97. The molecule has 0 radical (unpaired) electrons. The van der Waals surface area contributed by atoms with Crippen LogP contribution in [0, 0.1) is 11.7 Å². The lowest BCUT2D eigenvalue weighted by molar-refractivity contribution is -0.142. The summed E-state index contributed by atoms with van der Waals surface area (Å²) in [4.78, 5) is 25.3. The molecule has 6 heteroatoms. The molecule has 1 saturated carbocycles. The normalized spacial score (nSPS) is 26.7. The highest BCUT2D eigenvalue weighted by molar-refractivity contribution is 5.90. The highest BCUT2D eigenvalue weighted by atomic mass is 19.1. The maximum Gasteiger partial charge on any atom is 0.308 e. The van der Waals surface area contributed by atoms with Gasteiger partial charge in [-0.3, -0.25) is 9.59 Å². The van der Waals surface area contributed by atoms with Crippen LogP contribution >= 0.6 is 0 Å². The standard InChI is InChI=1S/C15H17FN2O3/c16-10-3-1-9(2-4-10)11-7-18(8-12(11)13(19)20)14(21)15(17)5-6-15/h1-4,11-12H,5-8,17H2,(H,19,20)/t11-,12+/m0/s1. The van der Waals surface area contributed by atoms with Gasteiger partial charge in [-0.15, -0.1) is 0 Å².